The summed E-state index contributed by atoms with van der Waals surface area (Å²) in [5.74, 6) is 0.885. The van der Waals surface area contributed by atoms with Gasteiger partial charge in [-0.15, -0.1) is 10.2 Å². The minimum absolute atomic E-state index is 0.101. The SMILES string of the molecule is Cc1ccccc1[C@@H](C)NC(=O)c1cccc(NC2(c3nnc(-c4ccncc4)o3)CCNCC2)c1. The molecule has 3 heterocycles. The van der Waals surface area contributed by atoms with E-state index in [0.717, 1.165) is 48.3 Å². The molecule has 1 amide bonds. The van der Waals surface area contributed by atoms with Gasteiger partial charge >= 0.3 is 0 Å². The van der Waals surface area contributed by atoms with Crippen molar-refractivity contribution >= 4 is 11.6 Å². The van der Waals surface area contributed by atoms with Crippen molar-refractivity contribution in [3.63, 3.8) is 0 Å². The predicted molar refractivity (Wildman–Crippen MR) is 138 cm³/mol. The molecule has 1 aliphatic heterocycles. The fraction of sp³-hybridized carbons (Fsp3) is 0.286. The zero-order valence-electron chi connectivity index (χ0n) is 20.5. The number of pyridine rings is 1. The van der Waals surface area contributed by atoms with E-state index in [0.29, 0.717) is 17.3 Å². The first-order chi connectivity index (χ1) is 17.5. The number of aryl methyl sites for hydroxylation is 1. The minimum Gasteiger partial charge on any atom is -0.418 e. The third-order valence-electron chi connectivity index (χ3n) is 6.73. The first kappa shape index (κ1) is 23.7. The number of piperidine rings is 1. The largest absolute Gasteiger partial charge is 0.418 e. The third kappa shape index (κ3) is 4.99. The van der Waals surface area contributed by atoms with Crippen LogP contribution in [0.25, 0.3) is 11.5 Å². The number of carbonyl (C=O) groups is 1. The van der Waals surface area contributed by atoms with Crippen LogP contribution in [0.1, 0.15) is 53.2 Å². The van der Waals surface area contributed by atoms with Crippen molar-refractivity contribution in [2.24, 2.45) is 0 Å². The van der Waals surface area contributed by atoms with Crippen LogP contribution in [0.5, 0.6) is 0 Å². The van der Waals surface area contributed by atoms with Gasteiger partial charge in [-0.05, 0) is 81.2 Å². The summed E-state index contributed by atoms with van der Waals surface area (Å²) in [6.07, 6.45) is 4.94. The number of rotatable bonds is 7. The van der Waals surface area contributed by atoms with E-state index in [9.17, 15) is 4.79 Å². The molecule has 8 heteroatoms. The Morgan fingerprint density at radius 1 is 1.03 bits per heavy atom. The van der Waals surface area contributed by atoms with Crippen LogP contribution in [-0.4, -0.2) is 34.2 Å². The van der Waals surface area contributed by atoms with E-state index in [1.54, 1.807) is 12.4 Å². The summed E-state index contributed by atoms with van der Waals surface area (Å²) in [7, 11) is 0. The summed E-state index contributed by atoms with van der Waals surface area (Å²) in [6, 6.07) is 19.2. The highest BCUT2D eigenvalue weighted by atomic mass is 16.4. The molecule has 2 aromatic carbocycles. The van der Waals surface area contributed by atoms with Gasteiger partial charge in [0.25, 0.3) is 5.91 Å². The van der Waals surface area contributed by atoms with Crippen molar-refractivity contribution in [2.75, 3.05) is 18.4 Å². The van der Waals surface area contributed by atoms with Gasteiger partial charge in [-0.25, -0.2) is 0 Å². The fourth-order valence-electron chi connectivity index (χ4n) is 4.72. The highest BCUT2D eigenvalue weighted by Gasteiger charge is 2.39. The van der Waals surface area contributed by atoms with Gasteiger partial charge in [0, 0.05) is 29.2 Å². The average molecular weight is 483 g/mol. The van der Waals surface area contributed by atoms with Gasteiger partial charge < -0.3 is 20.4 Å². The molecular weight excluding hydrogens is 452 g/mol. The Kier molecular flexibility index (Phi) is 6.77. The molecule has 36 heavy (non-hydrogen) atoms. The van der Waals surface area contributed by atoms with E-state index in [1.807, 2.05) is 61.5 Å². The van der Waals surface area contributed by atoms with Crippen LogP contribution in [0.15, 0.2) is 77.5 Å². The molecule has 1 saturated heterocycles. The smallest absolute Gasteiger partial charge is 0.251 e. The lowest BCUT2D eigenvalue weighted by molar-refractivity contribution is 0.0940. The van der Waals surface area contributed by atoms with Gasteiger partial charge in [-0.1, -0.05) is 30.3 Å². The molecular formula is C28H30N6O2. The van der Waals surface area contributed by atoms with Gasteiger partial charge in [-0.3, -0.25) is 9.78 Å². The van der Waals surface area contributed by atoms with E-state index in [4.69, 9.17) is 4.42 Å². The minimum atomic E-state index is -0.535. The quantitative estimate of drug-likeness (QED) is 0.353. The predicted octanol–water partition coefficient (Wildman–Crippen LogP) is 4.62. The maximum Gasteiger partial charge on any atom is 0.251 e. The molecule has 0 radical (unpaired) electrons. The van der Waals surface area contributed by atoms with E-state index < -0.39 is 5.54 Å². The van der Waals surface area contributed by atoms with E-state index in [1.165, 1.54) is 0 Å². The van der Waals surface area contributed by atoms with Gasteiger partial charge in [0.05, 0.1) is 6.04 Å². The standard InChI is InChI=1S/C28H30N6O2/c1-19-6-3-4-9-24(19)20(2)31-25(35)22-7-5-8-23(18-22)32-28(12-16-30-17-13-28)27-34-33-26(36-27)21-10-14-29-15-11-21/h3-11,14-15,18,20,30,32H,12-13,16-17H2,1-2H3,(H,31,35)/t20-/m1/s1. The molecule has 1 aliphatic rings. The Morgan fingerprint density at radius 2 is 1.81 bits per heavy atom. The number of amides is 1. The van der Waals surface area contributed by atoms with Gasteiger partial charge in [-0.2, -0.15) is 0 Å². The lowest BCUT2D eigenvalue weighted by Crippen LogP contribution is -2.45. The number of anilines is 1. The van der Waals surface area contributed by atoms with Gasteiger partial charge in [0.1, 0.15) is 5.54 Å². The lowest BCUT2D eigenvalue weighted by atomic mass is 9.87. The lowest BCUT2D eigenvalue weighted by Gasteiger charge is -2.36. The molecule has 1 fully saturated rings. The average Bonchev–Trinajstić information content (AvgIpc) is 3.41. The van der Waals surface area contributed by atoms with Gasteiger partial charge in [0.2, 0.25) is 11.8 Å². The van der Waals surface area contributed by atoms with Crippen molar-refractivity contribution < 1.29 is 9.21 Å². The second kappa shape index (κ2) is 10.3. The molecule has 0 saturated carbocycles. The van der Waals surface area contributed by atoms with Crippen LogP contribution < -0.4 is 16.0 Å². The van der Waals surface area contributed by atoms with Crippen LogP contribution in [0, 0.1) is 6.92 Å². The van der Waals surface area contributed by atoms with E-state index in [2.05, 4.69) is 44.1 Å². The maximum atomic E-state index is 13.1. The molecule has 0 bridgehead atoms. The zero-order valence-corrected chi connectivity index (χ0v) is 20.5. The first-order valence-electron chi connectivity index (χ1n) is 12.2. The Morgan fingerprint density at radius 3 is 2.58 bits per heavy atom. The number of hydrogen-bond acceptors (Lipinski definition) is 7. The number of hydrogen-bond donors (Lipinski definition) is 3. The molecule has 184 valence electrons. The monoisotopic (exact) mass is 482 g/mol. The molecule has 0 aliphatic carbocycles. The Hall–Kier alpha value is -4.04. The van der Waals surface area contributed by atoms with E-state index >= 15 is 0 Å². The molecule has 2 aromatic heterocycles. The third-order valence-corrected chi connectivity index (χ3v) is 6.73. The molecule has 1 atom stereocenters. The molecule has 5 rings (SSSR count). The van der Waals surface area contributed by atoms with Crippen molar-refractivity contribution in [3.8, 4) is 11.5 Å². The van der Waals surface area contributed by atoms with Crippen LogP contribution in [0.2, 0.25) is 0 Å². The summed E-state index contributed by atoms with van der Waals surface area (Å²) in [5, 5.41) is 18.9. The maximum absolute atomic E-state index is 13.1. The van der Waals surface area contributed by atoms with Crippen molar-refractivity contribution in [2.45, 2.75) is 38.3 Å². The summed E-state index contributed by atoms with van der Waals surface area (Å²) in [6.45, 7) is 5.68. The highest BCUT2D eigenvalue weighted by molar-refractivity contribution is 5.95. The van der Waals surface area contributed by atoms with Crippen LogP contribution >= 0.6 is 0 Å². The summed E-state index contributed by atoms with van der Waals surface area (Å²) in [5.41, 5.74) is 3.97. The molecule has 3 N–H and O–H groups in total. The molecule has 0 unspecified atom stereocenters. The zero-order chi connectivity index (χ0) is 25.0. The van der Waals surface area contributed by atoms with E-state index in [-0.39, 0.29) is 11.9 Å². The Bertz CT molecular complexity index is 1330. The number of nitrogens with one attached hydrogen (secondary N) is 3. The highest BCUT2D eigenvalue weighted by Crippen LogP contribution is 2.35. The summed E-state index contributed by atoms with van der Waals surface area (Å²) >= 11 is 0. The van der Waals surface area contributed by atoms with Crippen LogP contribution in [-0.2, 0) is 5.54 Å². The summed E-state index contributed by atoms with van der Waals surface area (Å²) in [4.78, 5) is 17.2. The van der Waals surface area contributed by atoms with Crippen LogP contribution in [0.3, 0.4) is 0 Å². The topological polar surface area (TPSA) is 105 Å². The van der Waals surface area contributed by atoms with Crippen molar-refractivity contribution in [1.29, 1.82) is 0 Å². The van der Waals surface area contributed by atoms with Crippen molar-refractivity contribution in [3.05, 3.63) is 95.6 Å². The Labute approximate surface area is 210 Å². The number of aromatic nitrogens is 3. The molecule has 8 nitrogen and oxygen atoms in total. The molecule has 4 aromatic rings. The second-order valence-corrected chi connectivity index (χ2v) is 9.24. The number of benzene rings is 2. The van der Waals surface area contributed by atoms with Crippen molar-refractivity contribution in [1.82, 2.24) is 25.8 Å². The fourth-order valence-corrected chi connectivity index (χ4v) is 4.72. The molecule has 0 spiro atoms. The second-order valence-electron chi connectivity index (χ2n) is 9.24. The summed E-state index contributed by atoms with van der Waals surface area (Å²) < 4.78 is 6.16. The first-order valence-corrected chi connectivity index (χ1v) is 12.2. The number of carbonyl (C=O) groups excluding carboxylic acids is 1. The Balaban J connectivity index is 1.37. The van der Waals surface area contributed by atoms with Crippen LogP contribution in [0.4, 0.5) is 5.69 Å². The number of nitrogens with zero attached hydrogens (tertiary/aromatic N) is 3. The normalized spacial score (nSPS) is 15.7. The van der Waals surface area contributed by atoms with Gasteiger partial charge in [0.15, 0.2) is 0 Å².